The smallest absolute Gasteiger partial charge is 0.302 e. The Labute approximate surface area is 158 Å². The summed E-state index contributed by atoms with van der Waals surface area (Å²) in [5.41, 5.74) is 2.18. The summed E-state index contributed by atoms with van der Waals surface area (Å²) in [5, 5.41) is 10.3. The van der Waals surface area contributed by atoms with Crippen molar-refractivity contribution in [3.8, 4) is 0 Å². The fourth-order valence-electron chi connectivity index (χ4n) is 7.80. The van der Waals surface area contributed by atoms with Gasteiger partial charge >= 0.3 is 5.97 Å². The van der Waals surface area contributed by atoms with Crippen LogP contribution in [0.2, 0.25) is 0 Å². The average molecular weight is 361 g/mol. The molecule has 4 aliphatic carbocycles. The van der Waals surface area contributed by atoms with Crippen molar-refractivity contribution in [2.45, 2.75) is 91.3 Å². The Morgan fingerprint density at radius 2 is 1.96 bits per heavy atom. The summed E-state index contributed by atoms with van der Waals surface area (Å²) in [4.78, 5) is 11.4. The van der Waals surface area contributed by atoms with E-state index in [0.717, 1.165) is 37.0 Å². The summed E-state index contributed by atoms with van der Waals surface area (Å²) < 4.78 is 5.54. The van der Waals surface area contributed by atoms with Gasteiger partial charge in [0.15, 0.2) is 0 Å². The van der Waals surface area contributed by atoms with Crippen LogP contribution in [-0.4, -0.2) is 23.3 Å². The largest absolute Gasteiger partial charge is 0.462 e. The van der Waals surface area contributed by atoms with Gasteiger partial charge < -0.3 is 9.84 Å². The first-order valence-corrected chi connectivity index (χ1v) is 10.8. The van der Waals surface area contributed by atoms with Crippen LogP contribution in [0.4, 0.5) is 0 Å². The van der Waals surface area contributed by atoms with Gasteiger partial charge in [-0.25, -0.2) is 0 Å². The van der Waals surface area contributed by atoms with Crippen LogP contribution in [0, 0.1) is 34.5 Å². The number of carbonyl (C=O) groups excluding carboxylic acids is 1. The maximum absolute atomic E-state index is 11.4. The molecule has 0 aromatic heterocycles. The van der Waals surface area contributed by atoms with Crippen LogP contribution in [0.1, 0.15) is 79.1 Å². The first kappa shape index (κ1) is 18.5. The van der Waals surface area contributed by atoms with Gasteiger partial charge in [0.2, 0.25) is 0 Å². The molecule has 0 aromatic rings. The maximum Gasteiger partial charge on any atom is 0.302 e. The molecule has 4 rings (SSSR count). The molecule has 3 saturated carbocycles. The Hall–Kier alpha value is -0.830. The topological polar surface area (TPSA) is 46.5 Å². The molecule has 0 radical (unpaired) electrons. The van der Waals surface area contributed by atoms with E-state index in [1.807, 2.05) is 6.92 Å². The molecule has 0 spiro atoms. The van der Waals surface area contributed by atoms with Crippen molar-refractivity contribution in [1.82, 2.24) is 0 Å². The second kappa shape index (κ2) is 6.36. The number of rotatable bonds is 2. The van der Waals surface area contributed by atoms with Gasteiger partial charge in [-0.2, -0.15) is 0 Å². The van der Waals surface area contributed by atoms with Crippen molar-refractivity contribution in [3.05, 3.63) is 11.6 Å². The molecule has 26 heavy (non-hydrogen) atoms. The average Bonchev–Trinajstić information content (AvgIpc) is 2.92. The highest BCUT2D eigenvalue weighted by molar-refractivity contribution is 5.66. The highest BCUT2D eigenvalue weighted by Gasteiger charge is 2.59. The molecule has 0 bridgehead atoms. The van der Waals surface area contributed by atoms with Crippen LogP contribution in [0.3, 0.4) is 0 Å². The first-order chi connectivity index (χ1) is 12.3. The third kappa shape index (κ3) is 2.68. The number of fused-ring (bicyclic) bond motifs is 5. The van der Waals surface area contributed by atoms with E-state index in [-0.39, 0.29) is 18.2 Å². The minimum Gasteiger partial charge on any atom is -0.462 e. The standard InChI is InChI=1S/C23H36O3/c1-14(24)19-7-8-20-18-6-5-16-13-17(26-15(2)25)9-11-22(16,3)21(18)10-12-23(19,20)4/h5,14,17-21,24H,6-13H2,1-4H3/t14-,17+,18+,19+,20+,21+,22-,23+/m1/s1. The number of esters is 1. The Bertz CT molecular complexity index is 609. The Morgan fingerprint density at radius 3 is 2.65 bits per heavy atom. The third-order valence-electron chi connectivity index (χ3n) is 9.05. The predicted octanol–water partition coefficient (Wildman–Crippen LogP) is 4.88. The van der Waals surface area contributed by atoms with Gasteiger partial charge in [-0.15, -0.1) is 0 Å². The van der Waals surface area contributed by atoms with Crippen molar-refractivity contribution >= 4 is 5.97 Å². The van der Waals surface area contributed by atoms with E-state index in [1.54, 1.807) is 5.57 Å². The molecule has 1 N–H and O–H groups in total. The Morgan fingerprint density at radius 1 is 1.19 bits per heavy atom. The number of allylic oxidation sites excluding steroid dienone is 1. The molecular formula is C23H36O3. The Kier molecular flexibility index (Phi) is 4.53. The van der Waals surface area contributed by atoms with E-state index in [1.165, 1.54) is 39.0 Å². The lowest BCUT2D eigenvalue weighted by molar-refractivity contribution is -0.148. The first-order valence-electron chi connectivity index (χ1n) is 10.8. The fourth-order valence-corrected chi connectivity index (χ4v) is 7.80. The molecule has 4 aliphatic rings. The van der Waals surface area contributed by atoms with Crippen molar-refractivity contribution in [3.63, 3.8) is 0 Å². The van der Waals surface area contributed by atoms with Gasteiger partial charge in [0.05, 0.1) is 6.10 Å². The normalized spacial score (nSPS) is 48.7. The second-order valence-corrected chi connectivity index (χ2v) is 10.2. The van der Waals surface area contributed by atoms with E-state index in [4.69, 9.17) is 4.74 Å². The molecule has 3 heteroatoms. The minimum absolute atomic E-state index is 0.0864. The summed E-state index contributed by atoms with van der Waals surface area (Å²) in [6.07, 6.45) is 11.8. The quantitative estimate of drug-likeness (QED) is 0.564. The van der Waals surface area contributed by atoms with Gasteiger partial charge in [-0.1, -0.05) is 25.5 Å². The van der Waals surface area contributed by atoms with Gasteiger partial charge in [-0.05, 0) is 86.4 Å². The van der Waals surface area contributed by atoms with Crippen LogP contribution >= 0.6 is 0 Å². The van der Waals surface area contributed by atoms with Gasteiger partial charge in [0, 0.05) is 13.3 Å². The molecule has 0 heterocycles. The molecule has 0 amide bonds. The number of hydrogen-bond acceptors (Lipinski definition) is 3. The Balaban J connectivity index is 1.58. The van der Waals surface area contributed by atoms with Crippen molar-refractivity contribution in [1.29, 1.82) is 0 Å². The van der Waals surface area contributed by atoms with E-state index >= 15 is 0 Å². The van der Waals surface area contributed by atoms with E-state index in [0.29, 0.717) is 16.7 Å². The molecule has 3 fully saturated rings. The molecular weight excluding hydrogens is 324 g/mol. The highest BCUT2D eigenvalue weighted by atomic mass is 16.5. The molecule has 8 atom stereocenters. The van der Waals surface area contributed by atoms with Crippen molar-refractivity contribution < 1.29 is 14.6 Å². The summed E-state index contributed by atoms with van der Waals surface area (Å²) in [7, 11) is 0. The van der Waals surface area contributed by atoms with Crippen LogP contribution in [0.5, 0.6) is 0 Å². The maximum atomic E-state index is 11.4. The lowest BCUT2D eigenvalue weighted by Gasteiger charge is -2.58. The van der Waals surface area contributed by atoms with Crippen LogP contribution in [0.25, 0.3) is 0 Å². The molecule has 0 saturated heterocycles. The summed E-state index contributed by atoms with van der Waals surface area (Å²) >= 11 is 0. The summed E-state index contributed by atoms with van der Waals surface area (Å²) in [6.45, 7) is 8.49. The summed E-state index contributed by atoms with van der Waals surface area (Å²) in [6, 6.07) is 0. The van der Waals surface area contributed by atoms with Gasteiger partial charge in [0.25, 0.3) is 0 Å². The lowest BCUT2D eigenvalue weighted by Crippen LogP contribution is -2.51. The SMILES string of the molecule is CC(=O)O[C@H]1CC[C@]2(C)C(=CC[C@H]3[C@@H]4CC[C@@H]([C@@H](C)O)[C@]4(C)CC[C@@H]32)C1. The zero-order valence-corrected chi connectivity index (χ0v) is 17.0. The van der Waals surface area contributed by atoms with E-state index in [2.05, 4.69) is 19.9 Å². The molecule has 3 nitrogen and oxygen atoms in total. The molecule has 0 unspecified atom stereocenters. The van der Waals surface area contributed by atoms with Crippen LogP contribution in [-0.2, 0) is 9.53 Å². The lowest BCUT2D eigenvalue weighted by atomic mass is 9.47. The van der Waals surface area contributed by atoms with E-state index in [9.17, 15) is 9.90 Å². The van der Waals surface area contributed by atoms with E-state index < -0.39 is 0 Å². The second-order valence-electron chi connectivity index (χ2n) is 10.2. The minimum atomic E-state index is -0.175. The number of ether oxygens (including phenoxy) is 1. The number of carbonyl (C=O) groups is 1. The number of hydrogen-bond donors (Lipinski definition) is 1. The van der Waals surface area contributed by atoms with Crippen LogP contribution in [0.15, 0.2) is 11.6 Å². The zero-order valence-electron chi connectivity index (χ0n) is 17.0. The monoisotopic (exact) mass is 360 g/mol. The molecule has 146 valence electrons. The van der Waals surface area contributed by atoms with Crippen molar-refractivity contribution in [2.24, 2.45) is 34.5 Å². The van der Waals surface area contributed by atoms with Crippen LogP contribution < -0.4 is 0 Å². The fraction of sp³-hybridized carbons (Fsp3) is 0.870. The predicted molar refractivity (Wildman–Crippen MR) is 102 cm³/mol. The van der Waals surface area contributed by atoms with Gasteiger partial charge in [-0.3, -0.25) is 4.79 Å². The highest BCUT2D eigenvalue weighted by Crippen LogP contribution is 2.66. The summed E-state index contributed by atoms with van der Waals surface area (Å²) in [5.74, 6) is 2.65. The van der Waals surface area contributed by atoms with Gasteiger partial charge in [0.1, 0.15) is 6.10 Å². The van der Waals surface area contributed by atoms with Crippen molar-refractivity contribution in [2.75, 3.05) is 0 Å². The molecule has 0 aliphatic heterocycles. The number of aliphatic hydroxyl groups is 1. The molecule has 0 aromatic carbocycles. The number of aliphatic hydroxyl groups excluding tert-OH is 1. The third-order valence-corrected chi connectivity index (χ3v) is 9.05. The zero-order chi connectivity index (χ0) is 18.7.